The Morgan fingerprint density at radius 2 is 1.96 bits per heavy atom. The first-order valence-corrected chi connectivity index (χ1v) is 21.9. The van der Waals surface area contributed by atoms with Crippen molar-refractivity contribution in [2.75, 3.05) is 44.6 Å². The highest BCUT2D eigenvalue weighted by atomic mass is 35.5. The number of halogens is 1. The van der Waals surface area contributed by atoms with E-state index in [1.54, 1.807) is 26.5 Å². The number of hydrogen-bond acceptors (Lipinski definition) is 7. The van der Waals surface area contributed by atoms with Gasteiger partial charge in [-0.25, -0.2) is 4.21 Å². The topological polar surface area (TPSA) is 111 Å². The molecule has 0 saturated heterocycles. The number of aromatic nitrogens is 1. The standard InChI is InChI=1S/C43H53ClN4O6S/c1-28-7-4-10-39(53-3)36-14-11-31(36)23-48-26-43(17-5-8-29-19-33(44)13-15-37(29)43)27-54-40-16-12-30(21-38(40)48)41(49)45-55(51,25-28)46-42(50)32-20-34-22-35(52-2)9-6-18-47(34)24-32/h4,10,12-13,15-16,19-21,24,28,31,35-36,39H,5-9,11,14,17-18,22-23,25-27H2,1-3H3,(H,45,46,49,50,51)/b10-4+/t28-,31-,35?,36+,39-,43-,55-/m0/s1. The van der Waals surface area contributed by atoms with E-state index in [9.17, 15) is 13.8 Å². The third kappa shape index (κ3) is 7.87. The van der Waals surface area contributed by atoms with Crippen molar-refractivity contribution in [1.82, 2.24) is 9.29 Å². The predicted molar refractivity (Wildman–Crippen MR) is 216 cm³/mol. The molecular formula is C43H53ClN4O6S. The molecular weight excluding hydrogens is 736 g/mol. The zero-order chi connectivity index (χ0) is 38.3. The summed E-state index contributed by atoms with van der Waals surface area (Å²) in [4.78, 5) is 30.4. The van der Waals surface area contributed by atoms with E-state index >= 15 is 0 Å². The van der Waals surface area contributed by atoms with Crippen LogP contribution in [0.4, 0.5) is 5.69 Å². The quantitative estimate of drug-likeness (QED) is 0.272. The first-order chi connectivity index (χ1) is 26.5. The minimum Gasteiger partial charge on any atom is -0.490 e. The second-order valence-corrected chi connectivity index (χ2v) is 18.9. The van der Waals surface area contributed by atoms with Gasteiger partial charge in [-0.15, -0.1) is 4.36 Å². The fourth-order valence-corrected chi connectivity index (χ4v) is 11.7. The van der Waals surface area contributed by atoms with Crippen molar-refractivity contribution in [3.05, 3.63) is 93.8 Å². The van der Waals surface area contributed by atoms with Crippen molar-refractivity contribution in [3.63, 3.8) is 0 Å². The number of nitrogens with zero attached hydrogens (tertiary/aromatic N) is 3. The lowest BCUT2D eigenvalue weighted by molar-refractivity contribution is 0.0131. The minimum absolute atomic E-state index is 0.0178. The van der Waals surface area contributed by atoms with Crippen molar-refractivity contribution in [2.45, 2.75) is 88.9 Å². The van der Waals surface area contributed by atoms with Gasteiger partial charge in [-0.1, -0.05) is 36.7 Å². The summed E-state index contributed by atoms with van der Waals surface area (Å²) in [7, 11) is -0.0568. The number of ether oxygens (including phenoxy) is 3. The van der Waals surface area contributed by atoms with Crippen molar-refractivity contribution in [1.29, 1.82) is 0 Å². The number of carbonyl (C=O) groups excluding carboxylic acids is 2. The van der Waals surface area contributed by atoms with E-state index in [-0.39, 0.29) is 29.3 Å². The van der Waals surface area contributed by atoms with E-state index in [0.717, 1.165) is 81.0 Å². The van der Waals surface area contributed by atoms with Crippen LogP contribution in [0.15, 0.2) is 65.2 Å². The van der Waals surface area contributed by atoms with Crippen LogP contribution in [0.3, 0.4) is 0 Å². The van der Waals surface area contributed by atoms with Crippen LogP contribution in [0.1, 0.15) is 89.4 Å². The molecule has 1 unspecified atom stereocenters. The summed E-state index contributed by atoms with van der Waals surface area (Å²) in [6.45, 7) is 4.76. The fraction of sp³-hybridized carbons (Fsp3) is 0.535. The van der Waals surface area contributed by atoms with Crippen LogP contribution in [-0.4, -0.2) is 72.5 Å². The van der Waals surface area contributed by atoms with Crippen LogP contribution >= 0.6 is 11.6 Å². The van der Waals surface area contributed by atoms with Crippen LogP contribution < -0.4 is 14.4 Å². The predicted octanol–water partition coefficient (Wildman–Crippen LogP) is 7.56. The summed E-state index contributed by atoms with van der Waals surface area (Å²) in [5, 5.41) is 0.743. The highest BCUT2D eigenvalue weighted by molar-refractivity contribution is 7.92. The van der Waals surface area contributed by atoms with Crippen molar-refractivity contribution in [3.8, 4) is 5.75 Å². The lowest BCUT2D eigenvalue weighted by Crippen LogP contribution is -2.49. The maximum absolute atomic E-state index is 14.8. The molecule has 2 bridgehead atoms. The number of methoxy groups -OCH3 is 2. The maximum Gasteiger partial charge on any atom is 0.286 e. The molecule has 1 saturated carbocycles. The second kappa shape index (κ2) is 15.7. The number of nitrogens with one attached hydrogen (secondary N) is 1. The molecule has 4 heterocycles. The van der Waals surface area contributed by atoms with Crippen LogP contribution in [0.5, 0.6) is 5.75 Å². The van der Waals surface area contributed by atoms with Gasteiger partial charge in [0.05, 0.1) is 35.8 Å². The highest BCUT2D eigenvalue weighted by Gasteiger charge is 2.44. The SMILES string of the molecule is COC1CCCn2cc(C(=O)N[S@@]3(=O)=NC(=O)c4ccc5c(c4)N(C[C@@H]4CC[C@H]4[C@@H](OC)/C=C/C[C@H](C)C3)C[C@@]3(CCCc4cc(Cl)ccc43)CO5)cc2C1. The summed E-state index contributed by atoms with van der Waals surface area (Å²) in [5.41, 5.74) is 4.81. The molecule has 1 fully saturated rings. The van der Waals surface area contributed by atoms with E-state index in [0.29, 0.717) is 48.2 Å². The minimum atomic E-state index is -3.54. The lowest BCUT2D eigenvalue weighted by atomic mass is 9.68. The van der Waals surface area contributed by atoms with Gasteiger partial charge in [0.2, 0.25) is 0 Å². The molecule has 12 heteroatoms. The summed E-state index contributed by atoms with van der Waals surface area (Å²) in [5.74, 6) is 0.174. The maximum atomic E-state index is 14.8. The van der Waals surface area contributed by atoms with E-state index in [2.05, 4.69) is 42.8 Å². The Kier molecular flexibility index (Phi) is 10.9. The Morgan fingerprint density at radius 1 is 1.09 bits per heavy atom. The van der Waals surface area contributed by atoms with Gasteiger partial charge < -0.3 is 23.7 Å². The molecule has 1 spiro atoms. The zero-order valence-corrected chi connectivity index (χ0v) is 33.7. The molecule has 2 amide bonds. The van der Waals surface area contributed by atoms with E-state index < -0.39 is 21.7 Å². The largest absolute Gasteiger partial charge is 0.490 e. The van der Waals surface area contributed by atoms with Gasteiger partial charge in [-0.05, 0) is 117 Å². The molecule has 2 aliphatic carbocycles. The number of hydrogen-bond donors (Lipinski definition) is 1. The van der Waals surface area contributed by atoms with Gasteiger partial charge in [0.1, 0.15) is 15.7 Å². The number of amides is 2. The Morgan fingerprint density at radius 3 is 2.76 bits per heavy atom. The first kappa shape index (κ1) is 38.2. The number of benzene rings is 2. The highest BCUT2D eigenvalue weighted by Crippen LogP contribution is 2.47. The van der Waals surface area contributed by atoms with E-state index in [4.69, 9.17) is 25.8 Å². The third-order valence-electron chi connectivity index (χ3n) is 12.7. The Hall–Kier alpha value is -3.64. The number of fused-ring (bicyclic) bond motifs is 5. The molecule has 7 atom stereocenters. The van der Waals surface area contributed by atoms with Crippen LogP contribution in [0.25, 0.3) is 0 Å². The fourth-order valence-electron chi connectivity index (χ4n) is 9.66. The van der Waals surface area contributed by atoms with Gasteiger partial charge in [0.15, 0.2) is 0 Å². The normalized spacial score (nSPS) is 31.3. The Bertz CT molecular complexity index is 2110. The van der Waals surface area contributed by atoms with Crippen LogP contribution in [-0.2, 0) is 44.2 Å². The van der Waals surface area contributed by atoms with Crippen molar-refractivity contribution in [2.24, 2.45) is 22.1 Å². The Labute approximate surface area is 330 Å². The number of anilines is 1. The van der Waals surface area contributed by atoms with Crippen LogP contribution in [0, 0.1) is 17.8 Å². The molecule has 294 valence electrons. The average Bonchev–Trinajstić information content (AvgIpc) is 3.36. The molecule has 1 aromatic heterocycles. The summed E-state index contributed by atoms with van der Waals surface area (Å²) < 4.78 is 42.4. The molecule has 2 aromatic carbocycles. The van der Waals surface area contributed by atoms with Crippen molar-refractivity contribution < 1.29 is 28.0 Å². The van der Waals surface area contributed by atoms with E-state index in [1.165, 1.54) is 11.1 Å². The van der Waals surface area contributed by atoms with Crippen molar-refractivity contribution >= 4 is 39.0 Å². The monoisotopic (exact) mass is 788 g/mol. The summed E-state index contributed by atoms with van der Waals surface area (Å²) >= 11 is 6.48. The lowest BCUT2D eigenvalue weighted by Gasteiger charge is -2.46. The van der Waals surface area contributed by atoms with Gasteiger partial charge in [-0.2, -0.15) is 0 Å². The smallest absolute Gasteiger partial charge is 0.286 e. The molecule has 1 N–H and O–H groups in total. The number of carbonyl (C=O) groups is 2. The molecule has 3 aromatic rings. The van der Waals surface area contributed by atoms with Gasteiger partial charge in [-0.3, -0.25) is 14.3 Å². The molecule has 5 aliphatic rings. The number of rotatable bonds is 4. The average molecular weight is 789 g/mol. The third-order valence-corrected chi connectivity index (χ3v) is 14.9. The van der Waals surface area contributed by atoms with Crippen LogP contribution in [0.2, 0.25) is 5.02 Å². The molecule has 55 heavy (non-hydrogen) atoms. The molecule has 10 nitrogen and oxygen atoms in total. The Balaban J connectivity index is 1.16. The summed E-state index contributed by atoms with van der Waals surface area (Å²) in [6, 6.07) is 13.5. The molecule has 8 rings (SSSR count). The van der Waals surface area contributed by atoms with Gasteiger partial charge in [0, 0.05) is 68.2 Å². The number of allylic oxidation sites excluding steroid dienone is 1. The zero-order valence-electron chi connectivity index (χ0n) is 32.1. The first-order valence-electron chi connectivity index (χ1n) is 19.9. The second-order valence-electron chi connectivity index (χ2n) is 16.5. The molecule has 0 radical (unpaired) electrons. The molecule has 3 aliphatic heterocycles. The van der Waals surface area contributed by atoms with Gasteiger partial charge in [0.25, 0.3) is 11.8 Å². The number of aryl methyl sites for hydroxylation is 2. The summed E-state index contributed by atoms with van der Waals surface area (Å²) in [6.07, 6.45) is 14.4. The van der Waals surface area contributed by atoms with E-state index in [1.807, 2.05) is 31.2 Å². The van der Waals surface area contributed by atoms with Gasteiger partial charge >= 0.3 is 0 Å².